The third kappa shape index (κ3) is 4.48. The van der Waals surface area contributed by atoms with Crippen molar-refractivity contribution in [3.8, 4) is 0 Å². The van der Waals surface area contributed by atoms with E-state index in [1.165, 1.54) is 0 Å². The van der Waals surface area contributed by atoms with E-state index in [1.807, 2.05) is 19.1 Å². The fourth-order valence-electron chi connectivity index (χ4n) is 1.78. The second-order valence-electron chi connectivity index (χ2n) is 4.69. The number of benzene rings is 1. The van der Waals surface area contributed by atoms with Crippen LogP contribution in [0.15, 0.2) is 21.1 Å². The average Bonchev–Trinajstić information content (AvgIpc) is 2.27. The normalized spacial score (nSPS) is 15.1. The Balaban J connectivity index is 1.84. The number of anilines is 1. The van der Waals surface area contributed by atoms with E-state index in [1.54, 1.807) is 11.8 Å². The maximum absolute atomic E-state index is 11.9. The molecule has 1 aromatic carbocycles. The smallest absolute Gasteiger partial charge is 0.234 e. The maximum Gasteiger partial charge on any atom is 0.234 e. The molecule has 2 rings (SSSR count). The van der Waals surface area contributed by atoms with Gasteiger partial charge in [0.2, 0.25) is 5.91 Å². The van der Waals surface area contributed by atoms with Crippen molar-refractivity contribution in [3.63, 3.8) is 0 Å². The summed E-state index contributed by atoms with van der Waals surface area (Å²) in [5.74, 6) is 2.33. The zero-order valence-electron chi connectivity index (χ0n) is 10.6. The quantitative estimate of drug-likeness (QED) is 0.785. The van der Waals surface area contributed by atoms with E-state index >= 15 is 0 Å². The molecule has 1 saturated heterocycles. The van der Waals surface area contributed by atoms with Gasteiger partial charge in [0.05, 0.1) is 11.4 Å². The Hall–Kier alpha value is -0.0400. The number of hydrogen-bond donors (Lipinski definition) is 2. The van der Waals surface area contributed by atoms with Crippen molar-refractivity contribution >= 4 is 55.2 Å². The fourth-order valence-corrected chi connectivity index (χ4v) is 4.34. The van der Waals surface area contributed by atoms with E-state index < -0.39 is 0 Å². The van der Waals surface area contributed by atoms with Crippen molar-refractivity contribution in [1.29, 1.82) is 0 Å². The van der Waals surface area contributed by atoms with Gasteiger partial charge in [-0.2, -0.15) is 11.8 Å². The van der Waals surface area contributed by atoms with Gasteiger partial charge in [-0.05, 0) is 81.2 Å². The van der Waals surface area contributed by atoms with Gasteiger partial charge in [0.1, 0.15) is 0 Å². The number of aryl methyl sites for hydroxylation is 1. The zero-order chi connectivity index (χ0) is 13.8. The van der Waals surface area contributed by atoms with Gasteiger partial charge in [0.15, 0.2) is 0 Å². The molecule has 0 spiro atoms. The largest absolute Gasteiger partial charge is 0.323 e. The number of halogens is 2. The number of rotatable bonds is 5. The van der Waals surface area contributed by atoms with Crippen LogP contribution >= 0.6 is 43.6 Å². The summed E-state index contributed by atoms with van der Waals surface area (Å²) >= 11 is 8.65. The molecule has 1 aliphatic rings. The van der Waals surface area contributed by atoms with Crippen molar-refractivity contribution in [2.24, 2.45) is 5.92 Å². The van der Waals surface area contributed by atoms with Crippen LogP contribution in [0.3, 0.4) is 0 Å². The molecule has 2 N–H and O–H groups in total. The predicted molar refractivity (Wildman–Crippen MR) is 88.9 cm³/mol. The lowest BCUT2D eigenvalue weighted by atomic mass is 10.1. The number of amides is 1. The number of thioether (sulfide) groups is 1. The van der Waals surface area contributed by atoms with Gasteiger partial charge in [0, 0.05) is 8.95 Å². The first kappa shape index (κ1) is 15.4. The fraction of sp³-hybridized carbons (Fsp3) is 0.462. The highest BCUT2D eigenvalue weighted by atomic mass is 79.9. The molecule has 1 heterocycles. The molecular weight excluding hydrogens is 392 g/mol. The minimum Gasteiger partial charge on any atom is -0.323 e. The highest BCUT2D eigenvalue weighted by Crippen LogP contribution is 2.32. The summed E-state index contributed by atoms with van der Waals surface area (Å²) in [6.07, 6.45) is 0. The van der Waals surface area contributed by atoms with Gasteiger partial charge in [-0.3, -0.25) is 4.79 Å². The molecule has 6 heteroatoms. The Bertz CT molecular complexity index is 455. The molecule has 1 amide bonds. The Morgan fingerprint density at radius 2 is 2.05 bits per heavy atom. The summed E-state index contributed by atoms with van der Waals surface area (Å²) in [5.41, 5.74) is 1.95. The van der Waals surface area contributed by atoms with E-state index in [0.29, 0.717) is 5.75 Å². The van der Waals surface area contributed by atoms with Gasteiger partial charge in [-0.1, -0.05) is 0 Å². The van der Waals surface area contributed by atoms with Crippen molar-refractivity contribution < 1.29 is 4.79 Å². The maximum atomic E-state index is 11.9. The molecule has 1 aliphatic heterocycles. The minimum atomic E-state index is 0.0440. The summed E-state index contributed by atoms with van der Waals surface area (Å²) in [5, 5.41) is 6.18. The third-order valence-corrected chi connectivity index (χ3v) is 5.33. The monoisotopic (exact) mass is 406 g/mol. The van der Waals surface area contributed by atoms with E-state index in [2.05, 4.69) is 42.5 Å². The summed E-state index contributed by atoms with van der Waals surface area (Å²) in [6, 6.07) is 3.99. The number of hydrogen-bond acceptors (Lipinski definition) is 3. The topological polar surface area (TPSA) is 41.1 Å². The van der Waals surface area contributed by atoms with Crippen LogP contribution in [-0.4, -0.2) is 30.5 Å². The molecule has 1 fully saturated rings. The first-order valence-electron chi connectivity index (χ1n) is 6.10. The van der Waals surface area contributed by atoms with Gasteiger partial charge < -0.3 is 10.6 Å². The Morgan fingerprint density at radius 1 is 1.42 bits per heavy atom. The van der Waals surface area contributed by atoms with Gasteiger partial charge in [-0.15, -0.1) is 0 Å². The van der Waals surface area contributed by atoms with Gasteiger partial charge in [-0.25, -0.2) is 0 Å². The molecule has 0 aromatic heterocycles. The molecule has 19 heavy (non-hydrogen) atoms. The van der Waals surface area contributed by atoms with Crippen LogP contribution in [0.5, 0.6) is 0 Å². The van der Waals surface area contributed by atoms with Crippen LogP contribution in [0, 0.1) is 12.8 Å². The lowest BCUT2D eigenvalue weighted by Crippen LogP contribution is -2.43. The second kappa shape index (κ2) is 7.11. The molecule has 0 aliphatic carbocycles. The minimum absolute atomic E-state index is 0.0440. The van der Waals surface area contributed by atoms with Crippen LogP contribution < -0.4 is 10.6 Å². The van der Waals surface area contributed by atoms with E-state index in [0.717, 1.165) is 45.0 Å². The van der Waals surface area contributed by atoms with E-state index in [4.69, 9.17) is 0 Å². The van der Waals surface area contributed by atoms with Crippen LogP contribution in [0.2, 0.25) is 0 Å². The van der Waals surface area contributed by atoms with E-state index in [9.17, 15) is 4.79 Å². The van der Waals surface area contributed by atoms with Crippen LogP contribution in [-0.2, 0) is 4.79 Å². The molecule has 104 valence electrons. The van der Waals surface area contributed by atoms with Gasteiger partial charge >= 0.3 is 0 Å². The molecule has 0 radical (unpaired) electrons. The summed E-state index contributed by atoms with van der Waals surface area (Å²) in [6.45, 7) is 4.19. The lowest BCUT2D eigenvalue weighted by molar-refractivity contribution is -0.113. The standard InChI is InChI=1S/C13H16Br2N2OS/c1-8-2-10(14)13(11(15)3-8)17-12(18)7-19-6-9-4-16-5-9/h2-3,9,16H,4-7H2,1H3,(H,17,18). The molecule has 3 nitrogen and oxygen atoms in total. The van der Waals surface area contributed by atoms with Crippen molar-refractivity contribution in [2.45, 2.75) is 6.92 Å². The molecule has 0 bridgehead atoms. The number of carbonyl (C=O) groups excluding carboxylic acids is 1. The Labute approximate surface area is 134 Å². The molecule has 0 saturated carbocycles. The van der Waals surface area contributed by atoms with Crippen LogP contribution in [0.1, 0.15) is 5.56 Å². The lowest BCUT2D eigenvalue weighted by Gasteiger charge is -2.26. The van der Waals surface area contributed by atoms with Crippen LogP contribution in [0.25, 0.3) is 0 Å². The predicted octanol–water partition coefficient (Wildman–Crippen LogP) is 3.41. The Morgan fingerprint density at radius 3 is 2.58 bits per heavy atom. The van der Waals surface area contributed by atoms with Crippen molar-refractivity contribution in [1.82, 2.24) is 5.32 Å². The zero-order valence-corrected chi connectivity index (χ0v) is 14.6. The highest BCUT2D eigenvalue weighted by Gasteiger charge is 2.17. The first-order chi connectivity index (χ1) is 9.06. The van der Waals surface area contributed by atoms with E-state index in [-0.39, 0.29) is 5.91 Å². The summed E-state index contributed by atoms with van der Waals surface area (Å²) in [7, 11) is 0. The highest BCUT2D eigenvalue weighted by molar-refractivity contribution is 9.11. The summed E-state index contributed by atoms with van der Waals surface area (Å²) < 4.78 is 1.81. The second-order valence-corrected chi connectivity index (χ2v) is 7.43. The average molecular weight is 408 g/mol. The van der Waals surface area contributed by atoms with Crippen molar-refractivity contribution in [3.05, 3.63) is 26.6 Å². The van der Waals surface area contributed by atoms with Crippen LogP contribution in [0.4, 0.5) is 5.69 Å². The SMILES string of the molecule is Cc1cc(Br)c(NC(=O)CSCC2CNC2)c(Br)c1. The number of nitrogens with one attached hydrogen (secondary N) is 2. The third-order valence-electron chi connectivity index (χ3n) is 2.90. The Kier molecular flexibility index (Phi) is 5.74. The molecular formula is C13H16Br2N2OS. The number of carbonyl (C=O) groups is 1. The van der Waals surface area contributed by atoms with Crippen molar-refractivity contribution in [2.75, 3.05) is 29.9 Å². The molecule has 0 unspecified atom stereocenters. The molecule has 1 aromatic rings. The van der Waals surface area contributed by atoms with Gasteiger partial charge in [0.25, 0.3) is 0 Å². The summed E-state index contributed by atoms with van der Waals surface area (Å²) in [4.78, 5) is 11.9. The first-order valence-corrected chi connectivity index (χ1v) is 8.84. The molecule has 0 atom stereocenters.